The third kappa shape index (κ3) is 2.81. The minimum Gasteiger partial charge on any atom is -0.376 e. The Labute approximate surface area is 99.1 Å². The van der Waals surface area contributed by atoms with Crippen molar-refractivity contribution in [3.63, 3.8) is 0 Å². The van der Waals surface area contributed by atoms with Crippen LogP contribution in [0.1, 0.15) is 11.1 Å². The molecule has 0 fully saturated rings. The highest BCUT2D eigenvalue weighted by atomic mass is 19.1. The van der Waals surface area contributed by atoms with Gasteiger partial charge in [0.2, 0.25) is 0 Å². The maximum Gasteiger partial charge on any atom is 0.149 e. The topological polar surface area (TPSA) is 12.0 Å². The molecule has 0 amide bonds. The summed E-state index contributed by atoms with van der Waals surface area (Å²) in [5.41, 5.74) is 2.07. The summed E-state index contributed by atoms with van der Waals surface area (Å²) < 4.78 is 26.6. The summed E-state index contributed by atoms with van der Waals surface area (Å²) in [5, 5.41) is 2.77. The molecule has 17 heavy (non-hydrogen) atoms. The second-order valence-electron chi connectivity index (χ2n) is 3.94. The van der Waals surface area contributed by atoms with Crippen LogP contribution < -0.4 is 5.32 Å². The molecule has 2 rings (SSSR count). The first-order valence-electron chi connectivity index (χ1n) is 5.40. The van der Waals surface area contributed by atoms with Gasteiger partial charge in [0.05, 0.1) is 0 Å². The summed E-state index contributed by atoms with van der Waals surface area (Å²) in [6, 6.07) is 11.6. The highest BCUT2D eigenvalue weighted by Crippen LogP contribution is 2.18. The van der Waals surface area contributed by atoms with E-state index in [1.54, 1.807) is 0 Å². The molecule has 0 aliphatic rings. The molecule has 0 unspecified atom stereocenters. The van der Waals surface area contributed by atoms with Crippen LogP contribution in [0.4, 0.5) is 14.5 Å². The third-order valence-electron chi connectivity index (χ3n) is 2.55. The summed E-state index contributed by atoms with van der Waals surface area (Å²) >= 11 is 0. The minimum absolute atomic E-state index is 0.0759. The number of hydrogen-bond donors (Lipinski definition) is 1. The van der Waals surface area contributed by atoms with E-state index in [9.17, 15) is 8.78 Å². The first-order valence-corrected chi connectivity index (χ1v) is 5.40. The van der Waals surface area contributed by atoms with Gasteiger partial charge in [0.1, 0.15) is 17.3 Å². The Balaban J connectivity index is 2.10. The van der Waals surface area contributed by atoms with Crippen LogP contribution in [-0.4, -0.2) is 0 Å². The van der Waals surface area contributed by atoms with E-state index >= 15 is 0 Å². The monoisotopic (exact) mass is 233 g/mol. The molecule has 0 aliphatic heterocycles. The third-order valence-corrected chi connectivity index (χ3v) is 2.55. The van der Waals surface area contributed by atoms with Gasteiger partial charge in [-0.3, -0.25) is 0 Å². The van der Waals surface area contributed by atoms with Gasteiger partial charge in [-0.05, 0) is 24.6 Å². The Hall–Kier alpha value is -1.90. The number of anilines is 1. The molecule has 0 aromatic heterocycles. The molecule has 0 aliphatic carbocycles. The maximum atomic E-state index is 13.3. The van der Waals surface area contributed by atoms with E-state index in [0.29, 0.717) is 6.54 Å². The van der Waals surface area contributed by atoms with Gasteiger partial charge in [-0.15, -0.1) is 0 Å². The molecule has 0 atom stereocenters. The van der Waals surface area contributed by atoms with E-state index in [1.165, 1.54) is 18.2 Å². The van der Waals surface area contributed by atoms with Gasteiger partial charge in [-0.2, -0.15) is 0 Å². The van der Waals surface area contributed by atoms with Crippen LogP contribution in [0.3, 0.4) is 0 Å². The number of para-hydroxylation sites is 1. The normalized spacial score (nSPS) is 10.3. The Kier molecular flexibility index (Phi) is 3.38. The highest BCUT2D eigenvalue weighted by Gasteiger charge is 2.06. The lowest BCUT2D eigenvalue weighted by Crippen LogP contribution is -2.03. The van der Waals surface area contributed by atoms with Gasteiger partial charge in [0, 0.05) is 6.54 Å². The number of nitrogens with one attached hydrogen (secondary N) is 1. The first-order chi connectivity index (χ1) is 8.16. The van der Waals surface area contributed by atoms with Crippen molar-refractivity contribution in [3.8, 4) is 0 Å². The summed E-state index contributed by atoms with van der Waals surface area (Å²) in [4.78, 5) is 0. The molecule has 1 nitrogen and oxygen atoms in total. The lowest BCUT2D eigenvalue weighted by molar-refractivity contribution is 0.588. The molecule has 0 saturated carbocycles. The lowest BCUT2D eigenvalue weighted by atomic mass is 10.1. The van der Waals surface area contributed by atoms with Crippen LogP contribution in [0.15, 0.2) is 42.5 Å². The average Bonchev–Trinajstić information content (AvgIpc) is 2.31. The molecular formula is C14H13F2N. The molecule has 88 valence electrons. The Bertz CT molecular complexity index is 486. The van der Waals surface area contributed by atoms with Crippen LogP contribution in [0.25, 0.3) is 0 Å². The zero-order chi connectivity index (χ0) is 12.3. The van der Waals surface area contributed by atoms with Gasteiger partial charge in [-0.1, -0.05) is 35.9 Å². The summed E-state index contributed by atoms with van der Waals surface area (Å²) in [6.07, 6.45) is 0. The lowest BCUT2D eigenvalue weighted by Gasteiger charge is -2.08. The largest absolute Gasteiger partial charge is 0.376 e. The molecule has 3 heteroatoms. The van der Waals surface area contributed by atoms with Crippen molar-refractivity contribution in [2.24, 2.45) is 0 Å². The van der Waals surface area contributed by atoms with Gasteiger partial charge in [-0.25, -0.2) is 8.78 Å². The van der Waals surface area contributed by atoms with E-state index in [2.05, 4.69) is 5.32 Å². The van der Waals surface area contributed by atoms with Gasteiger partial charge < -0.3 is 5.32 Å². The predicted molar refractivity (Wildman–Crippen MR) is 64.9 cm³/mol. The van der Waals surface area contributed by atoms with Crippen LogP contribution in [0, 0.1) is 18.6 Å². The average molecular weight is 233 g/mol. The van der Waals surface area contributed by atoms with E-state index in [4.69, 9.17) is 0 Å². The van der Waals surface area contributed by atoms with Crippen LogP contribution in [0.2, 0.25) is 0 Å². The Morgan fingerprint density at radius 1 is 0.941 bits per heavy atom. The quantitative estimate of drug-likeness (QED) is 0.848. The standard InChI is InChI=1S/C14H13F2N/c1-10-5-7-11(8-6-10)9-17-14-12(15)3-2-4-13(14)16/h2-8,17H,9H2,1H3. The number of rotatable bonds is 3. The number of benzene rings is 2. The van der Waals surface area contributed by atoms with Gasteiger partial charge in [0.25, 0.3) is 0 Å². The molecule has 2 aromatic rings. The van der Waals surface area contributed by atoms with Crippen molar-refractivity contribution in [2.45, 2.75) is 13.5 Å². The maximum absolute atomic E-state index is 13.3. The summed E-state index contributed by atoms with van der Waals surface area (Å²) in [5.74, 6) is -1.14. The molecule has 0 heterocycles. The molecule has 0 radical (unpaired) electrons. The van der Waals surface area contributed by atoms with Gasteiger partial charge in [0.15, 0.2) is 0 Å². The van der Waals surface area contributed by atoms with Crippen molar-refractivity contribution < 1.29 is 8.78 Å². The van der Waals surface area contributed by atoms with E-state index in [-0.39, 0.29) is 5.69 Å². The SMILES string of the molecule is Cc1ccc(CNc2c(F)cccc2F)cc1. The van der Waals surface area contributed by atoms with Crippen molar-refractivity contribution in [2.75, 3.05) is 5.32 Å². The first kappa shape index (κ1) is 11.6. The Morgan fingerprint density at radius 2 is 1.53 bits per heavy atom. The van der Waals surface area contributed by atoms with E-state index in [0.717, 1.165) is 11.1 Å². The van der Waals surface area contributed by atoms with Crippen LogP contribution in [0.5, 0.6) is 0 Å². The number of hydrogen-bond acceptors (Lipinski definition) is 1. The molecule has 0 saturated heterocycles. The molecular weight excluding hydrogens is 220 g/mol. The molecule has 2 aromatic carbocycles. The number of aryl methyl sites for hydroxylation is 1. The van der Waals surface area contributed by atoms with Crippen molar-refractivity contribution >= 4 is 5.69 Å². The zero-order valence-corrected chi connectivity index (χ0v) is 9.50. The predicted octanol–water partition coefficient (Wildman–Crippen LogP) is 3.89. The molecule has 0 bridgehead atoms. The van der Waals surface area contributed by atoms with Crippen molar-refractivity contribution in [1.29, 1.82) is 0 Å². The molecule has 0 spiro atoms. The van der Waals surface area contributed by atoms with Gasteiger partial charge >= 0.3 is 0 Å². The number of halogens is 2. The second-order valence-corrected chi connectivity index (χ2v) is 3.94. The van der Waals surface area contributed by atoms with E-state index in [1.807, 2.05) is 31.2 Å². The summed E-state index contributed by atoms with van der Waals surface area (Å²) in [7, 11) is 0. The van der Waals surface area contributed by atoms with Crippen molar-refractivity contribution in [3.05, 3.63) is 65.2 Å². The Morgan fingerprint density at radius 3 is 2.12 bits per heavy atom. The second kappa shape index (κ2) is 4.95. The smallest absolute Gasteiger partial charge is 0.149 e. The minimum atomic E-state index is -0.572. The fourth-order valence-electron chi connectivity index (χ4n) is 1.56. The fourth-order valence-corrected chi connectivity index (χ4v) is 1.56. The van der Waals surface area contributed by atoms with Crippen molar-refractivity contribution in [1.82, 2.24) is 0 Å². The fraction of sp³-hybridized carbons (Fsp3) is 0.143. The highest BCUT2D eigenvalue weighted by molar-refractivity contribution is 5.46. The summed E-state index contributed by atoms with van der Waals surface area (Å²) in [6.45, 7) is 2.39. The molecule has 1 N–H and O–H groups in total. The van der Waals surface area contributed by atoms with Crippen LogP contribution >= 0.6 is 0 Å². The zero-order valence-electron chi connectivity index (χ0n) is 9.50. The van der Waals surface area contributed by atoms with Crippen LogP contribution in [-0.2, 0) is 6.54 Å². The van der Waals surface area contributed by atoms with E-state index < -0.39 is 11.6 Å².